The van der Waals surface area contributed by atoms with Gasteiger partial charge in [0.15, 0.2) is 5.79 Å². The summed E-state index contributed by atoms with van der Waals surface area (Å²) in [5.74, 6) is -3.34. The molecule has 0 aromatic carbocycles. The Bertz CT molecular complexity index is 1420. The Morgan fingerprint density at radius 2 is 1.46 bits per heavy atom. The van der Waals surface area contributed by atoms with E-state index in [1.165, 1.54) is 0 Å². The molecule has 9 aliphatic rings. The van der Waals surface area contributed by atoms with Crippen LogP contribution in [-0.4, -0.2) is 184 Å². The van der Waals surface area contributed by atoms with Crippen LogP contribution in [0, 0.1) is 34.0 Å². The molecular formula is C38H60O16. The summed E-state index contributed by atoms with van der Waals surface area (Å²) < 4.78 is 50.0. The van der Waals surface area contributed by atoms with E-state index in [0.717, 1.165) is 0 Å². The van der Waals surface area contributed by atoms with Gasteiger partial charge < -0.3 is 78.7 Å². The number of aliphatic hydroxyl groups excluding tert-OH is 7. The number of hydrogen-bond donors (Lipinski definition) is 8. The molecule has 16 heteroatoms. The Morgan fingerprint density at radius 1 is 0.759 bits per heavy atom. The highest BCUT2D eigenvalue weighted by atomic mass is 16.7. The van der Waals surface area contributed by atoms with E-state index in [0.29, 0.717) is 58.9 Å². The minimum atomic E-state index is -1.64. The average molecular weight is 773 g/mol. The van der Waals surface area contributed by atoms with Crippen molar-refractivity contribution in [2.24, 2.45) is 34.0 Å². The molecule has 21 unspecified atom stereocenters. The van der Waals surface area contributed by atoms with Gasteiger partial charge in [0, 0.05) is 47.5 Å². The fraction of sp³-hybridized carbons (Fsp3) is 1.00. The predicted molar refractivity (Wildman–Crippen MR) is 182 cm³/mol. The second-order valence-corrected chi connectivity index (χ2v) is 18.8. The van der Waals surface area contributed by atoms with Gasteiger partial charge in [-0.1, -0.05) is 13.8 Å². The molecule has 0 aromatic rings. The highest BCUT2D eigenvalue weighted by molar-refractivity contribution is 5.28. The topological polar surface area (TPSA) is 236 Å². The van der Waals surface area contributed by atoms with Gasteiger partial charge in [0.05, 0.1) is 101 Å². The quantitative estimate of drug-likeness (QED) is 0.0840. The van der Waals surface area contributed by atoms with Crippen molar-refractivity contribution in [3.05, 3.63) is 0 Å². The third kappa shape index (κ3) is 5.13. The first-order valence-corrected chi connectivity index (χ1v) is 20.1. The van der Waals surface area contributed by atoms with Crippen molar-refractivity contribution in [2.75, 3.05) is 52.9 Å². The zero-order valence-electron chi connectivity index (χ0n) is 31.4. The summed E-state index contributed by atoms with van der Waals surface area (Å²) >= 11 is 0. The van der Waals surface area contributed by atoms with Crippen LogP contribution in [0.5, 0.6) is 0 Å². The molecule has 21 atom stereocenters. The molecule has 5 heterocycles. The van der Waals surface area contributed by atoms with Crippen LogP contribution in [-0.2, 0) is 37.9 Å². The molecule has 0 spiro atoms. The zero-order valence-corrected chi connectivity index (χ0v) is 31.4. The van der Waals surface area contributed by atoms with E-state index in [1.807, 2.05) is 20.8 Å². The SMILES string of the molecule is CCOCCOCCOCC12CC(OC3C4C(O)CC5(OC67CC8(CO)CC(C)C(OC86)C(O)C7O)CC4(O)C3C(CO)O5)C3OC1C(C)(C2)C(O)C3O. The maximum absolute atomic E-state index is 12.4. The van der Waals surface area contributed by atoms with Gasteiger partial charge in [-0.25, -0.2) is 0 Å². The first-order valence-electron chi connectivity index (χ1n) is 20.1. The van der Waals surface area contributed by atoms with Gasteiger partial charge in [-0.2, -0.15) is 0 Å². The molecule has 4 aliphatic carbocycles. The van der Waals surface area contributed by atoms with E-state index in [9.17, 15) is 40.9 Å². The molecule has 4 saturated carbocycles. The second-order valence-electron chi connectivity index (χ2n) is 18.8. The van der Waals surface area contributed by atoms with Crippen LogP contribution in [0.4, 0.5) is 0 Å². The van der Waals surface area contributed by atoms with Crippen molar-refractivity contribution in [3.8, 4) is 0 Å². The molecule has 9 rings (SSSR count). The highest BCUT2D eigenvalue weighted by Crippen LogP contribution is 2.70. The van der Waals surface area contributed by atoms with E-state index >= 15 is 0 Å². The lowest BCUT2D eigenvalue weighted by Crippen LogP contribution is -2.87. The summed E-state index contributed by atoms with van der Waals surface area (Å²) in [6.45, 7) is 7.73. The Morgan fingerprint density at radius 3 is 2.19 bits per heavy atom. The van der Waals surface area contributed by atoms with E-state index in [4.69, 9.17) is 37.9 Å². The lowest BCUT2D eigenvalue weighted by molar-refractivity contribution is -0.491. The number of rotatable bonds is 15. The smallest absolute Gasteiger partial charge is 0.175 e. The minimum Gasteiger partial charge on any atom is -0.396 e. The van der Waals surface area contributed by atoms with Crippen LogP contribution in [0.15, 0.2) is 0 Å². The summed E-state index contributed by atoms with van der Waals surface area (Å²) in [4.78, 5) is 0. The number of ether oxygens (including phenoxy) is 8. The van der Waals surface area contributed by atoms with Crippen molar-refractivity contribution < 1.29 is 78.7 Å². The summed E-state index contributed by atoms with van der Waals surface area (Å²) in [6, 6.07) is 0. The third-order valence-corrected chi connectivity index (χ3v) is 15.5. The second kappa shape index (κ2) is 13.2. The van der Waals surface area contributed by atoms with Crippen molar-refractivity contribution in [2.45, 2.75) is 150 Å². The Hall–Kier alpha value is -0.640. The van der Waals surface area contributed by atoms with E-state index < -0.39 is 119 Å². The molecule has 0 amide bonds. The average Bonchev–Trinajstić information content (AvgIpc) is 3.11. The molecule has 8 N–H and O–H groups in total. The Labute approximate surface area is 314 Å². The summed E-state index contributed by atoms with van der Waals surface area (Å²) in [5, 5.41) is 90.8. The molecule has 0 aromatic heterocycles. The van der Waals surface area contributed by atoms with Gasteiger partial charge in [-0.15, -0.1) is 0 Å². The van der Waals surface area contributed by atoms with Crippen molar-refractivity contribution in [3.63, 3.8) is 0 Å². The van der Waals surface area contributed by atoms with E-state index in [1.54, 1.807) is 0 Å². The van der Waals surface area contributed by atoms with Crippen LogP contribution in [0.1, 0.15) is 59.3 Å². The number of aliphatic hydroxyl groups is 8. The number of fused-ring (bicyclic) bond motifs is 3. The highest BCUT2D eigenvalue weighted by Gasteiger charge is 2.81. The maximum Gasteiger partial charge on any atom is 0.175 e. The number of hydrogen-bond acceptors (Lipinski definition) is 16. The van der Waals surface area contributed by atoms with Crippen LogP contribution >= 0.6 is 0 Å². The van der Waals surface area contributed by atoms with Crippen molar-refractivity contribution in [1.29, 1.82) is 0 Å². The van der Waals surface area contributed by atoms with E-state index in [-0.39, 0.29) is 37.9 Å². The van der Waals surface area contributed by atoms with Gasteiger partial charge in [-0.3, -0.25) is 0 Å². The maximum atomic E-state index is 12.4. The van der Waals surface area contributed by atoms with Crippen LogP contribution in [0.2, 0.25) is 0 Å². The monoisotopic (exact) mass is 772 g/mol. The molecule has 16 nitrogen and oxygen atoms in total. The normalized spacial score (nSPS) is 58.8. The van der Waals surface area contributed by atoms with Gasteiger partial charge >= 0.3 is 0 Å². The minimum absolute atomic E-state index is 0.0945. The Balaban J connectivity index is 0.926. The predicted octanol–water partition coefficient (Wildman–Crippen LogP) is -2.01. The molecular weight excluding hydrogens is 712 g/mol. The third-order valence-electron chi connectivity index (χ3n) is 15.5. The van der Waals surface area contributed by atoms with Gasteiger partial charge in [0.2, 0.25) is 0 Å². The lowest BCUT2D eigenvalue weighted by Gasteiger charge is -2.75. The summed E-state index contributed by atoms with van der Waals surface area (Å²) in [7, 11) is 0. The molecule has 0 radical (unpaired) electrons. The van der Waals surface area contributed by atoms with Crippen LogP contribution < -0.4 is 0 Å². The Kier molecular flexibility index (Phi) is 9.49. The molecule has 308 valence electrons. The lowest BCUT2D eigenvalue weighted by atomic mass is 9.43. The largest absolute Gasteiger partial charge is 0.396 e. The van der Waals surface area contributed by atoms with Crippen molar-refractivity contribution >= 4 is 0 Å². The summed E-state index contributed by atoms with van der Waals surface area (Å²) in [5.41, 5.74) is -4.90. The molecule has 6 bridgehead atoms. The first-order chi connectivity index (χ1) is 25.7. The van der Waals surface area contributed by atoms with Gasteiger partial charge in [0.1, 0.15) is 30.0 Å². The fourth-order valence-electron chi connectivity index (χ4n) is 13.6. The standard InChI is InChI=1S/C38H60O16/c1-4-47-5-6-48-7-8-49-17-35-11-20(27-25(43)29(44)33(3,13-35)31(35)52-27)50-28-22-19(41)10-36(15-37(22,46)23(28)21(12-39)53-36)54-38-14-34(16-40)9-18(2)26(51-32(34)38)24(42)30(38)45/h18-32,39-46H,4-17H2,1-3H3. The fourth-order valence-corrected chi connectivity index (χ4v) is 13.6. The molecule has 5 aliphatic heterocycles. The first kappa shape index (κ1) is 38.9. The molecule has 54 heavy (non-hydrogen) atoms. The molecule has 9 fully saturated rings. The van der Waals surface area contributed by atoms with Gasteiger partial charge in [0.25, 0.3) is 0 Å². The molecule has 5 saturated heterocycles. The zero-order chi connectivity index (χ0) is 38.2. The summed E-state index contributed by atoms with van der Waals surface area (Å²) in [6.07, 6.45) is -9.72. The van der Waals surface area contributed by atoms with Crippen molar-refractivity contribution in [1.82, 2.24) is 0 Å². The van der Waals surface area contributed by atoms with E-state index in [2.05, 4.69) is 0 Å². The van der Waals surface area contributed by atoms with Crippen LogP contribution in [0.3, 0.4) is 0 Å². The van der Waals surface area contributed by atoms with Crippen LogP contribution in [0.25, 0.3) is 0 Å². The van der Waals surface area contributed by atoms with Gasteiger partial charge in [-0.05, 0) is 38.5 Å².